The Balaban J connectivity index is 1.67. The fourth-order valence-corrected chi connectivity index (χ4v) is 2.44. The molecule has 2 aromatic rings. The topological polar surface area (TPSA) is 42.0 Å². The monoisotopic (exact) mass is 256 g/mol. The summed E-state index contributed by atoms with van der Waals surface area (Å²) in [7, 11) is 0. The van der Waals surface area contributed by atoms with Crippen LogP contribution in [0, 0.1) is 5.95 Å². The van der Waals surface area contributed by atoms with Crippen LogP contribution in [0.5, 0.6) is 0 Å². The molecule has 4 heteroatoms. The number of nitrogens with one attached hydrogen (secondary N) is 1. The lowest BCUT2D eigenvalue weighted by Gasteiger charge is -2.11. The number of aromatic nitrogens is 1. The van der Waals surface area contributed by atoms with E-state index < -0.39 is 5.95 Å². The number of carbonyl (C=O) groups excluding carboxylic acids is 1. The highest BCUT2D eigenvalue weighted by Crippen LogP contribution is 2.21. The average molecular weight is 256 g/mol. The molecule has 0 radical (unpaired) electrons. The number of hydrogen-bond donors (Lipinski definition) is 1. The summed E-state index contributed by atoms with van der Waals surface area (Å²) in [5, 5.41) is 2.96. The number of halogens is 1. The number of benzene rings is 1. The lowest BCUT2D eigenvalue weighted by molar-refractivity contribution is 0.0938. The summed E-state index contributed by atoms with van der Waals surface area (Å²) in [6, 6.07) is 10.9. The Kier molecular flexibility index (Phi) is 2.99. The van der Waals surface area contributed by atoms with Crippen molar-refractivity contribution in [2.75, 3.05) is 0 Å². The van der Waals surface area contributed by atoms with Gasteiger partial charge in [0.1, 0.15) is 0 Å². The Hall–Kier alpha value is -2.23. The molecule has 1 aromatic carbocycles. The van der Waals surface area contributed by atoms with Crippen LogP contribution in [0.1, 0.15) is 21.5 Å². The second-order valence-electron chi connectivity index (χ2n) is 4.72. The lowest BCUT2D eigenvalue weighted by atomic mass is 10.1. The summed E-state index contributed by atoms with van der Waals surface area (Å²) < 4.78 is 12.7. The van der Waals surface area contributed by atoms with Crippen molar-refractivity contribution in [3.05, 3.63) is 65.2 Å². The minimum atomic E-state index is -0.579. The van der Waals surface area contributed by atoms with E-state index >= 15 is 0 Å². The van der Waals surface area contributed by atoms with E-state index in [1.165, 1.54) is 29.5 Å². The van der Waals surface area contributed by atoms with Gasteiger partial charge in [-0.15, -0.1) is 0 Å². The summed E-state index contributed by atoms with van der Waals surface area (Å²) in [4.78, 5) is 15.5. The molecule has 1 N–H and O–H groups in total. The van der Waals surface area contributed by atoms with E-state index in [0.29, 0.717) is 5.56 Å². The van der Waals surface area contributed by atoms with Gasteiger partial charge in [-0.2, -0.15) is 4.39 Å². The van der Waals surface area contributed by atoms with E-state index in [9.17, 15) is 9.18 Å². The van der Waals surface area contributed by atoms with Crippen LogP contribution in [0.25, 0.3) is 0 Å². The Bertz CT molecular complexity index is 585. The first-order valence-electron chi connectivity index (χ1n) is 6.21. The second kappa shape index (κ2) is 4.80. The Morgan fingerprint density at radius 2 is 1.84 bits per heavy atom. The van der Waals surface area contributed by atoms with Crippen molar-refractivity contribution in [2.24, 2.45) is 0 Å². The molecule has 0 unspecified atom stereocenters. The predicted octanol–water partition coefficient (Wildman–Crippen LogP) is 2.12. The SMILES string of the molecule is O=C(NC1Cc2ccccc2C1)c1ccc(F)nc1. The minimum absolute atomic E-state index is 0.106. The first kappa shape index (κ1) is 11.8. The zero-order valence-electron chi connectivity index (χ0n) is 10.3. The summed E-state index contributed by atoms with van der Waals surface area (Å²) in [6.07, 6.45) is 2.94. The van der Waals surface area contributed by atoms with E-state index in [-0.39, 0.29) is 11.9 Å². The molecule has 1 aliphatic carbocycles. The number of carbonyl (C=O) groups is 1. The number of fused-ring (bicyclic) bond motifs is 1. The fraction of sp³-hybridized carbons (Fsp3) is 0.200. The van der Waals surface area contributed by atoms with Crippen LogP contribution in [0.4, 0.5) is 4.39 Å². The molecule has 1 amide bonds. The van der Waals surface area contributed by atoms with E-state index in [1.54, 1.807) is 0 Å². The number of amides is 1. The highest BCUT2D eigenvalue weighted by Gasteiger charge is 2.22. The molecule has 96 valence electrons. The largest absolute Gasteiger partial charge is 0.349 e. The molecule has 3 nitrogen and oxygen atoms in total. The molecular formula is C15H13FN2O. The van der Waals surface area contributed by atoms with Crippen LogP contribution in [-0.2, 0) is 12.8 Å². The molecule has 1 aromatic heterocycles. The van der Waals surface area contributed by atoms with Gasteiger partial charge in [-0.1, -0.05) is 24.3 Å². The van der Waals surface area contributed by atoms with Gasteiger partial charge in [0, 0.05) is 12.2 Å². The van der Waals surface area contributed by atoms with Gasteiger partial charge in [-0.05, 0) is 36.1 Å². The van der Waals surface area contributed by atoms with Gasteiger partial charge >= 0.3 is 0 Å². The number of nitrogens with zero attached hydrogens (tertiary/aromatic N) is 1. The first-order chi connectivity index (χ1) is 9.22. The number of hydrogen-bond acceptors (Lipinski definition) is 2. The molecule has 0 spiro atoms. The second-order valence-corrected chi connectivity index (χ2v) is 4.72. The molecule has 3 rings (SSSR count). The molecule has 19 heavy (non-hydrogen) atoms. The van der Waals surface area contributed by atoms with E-state index in [2.05, 4.69) is 22.4 Å². The van der Waals surface area contributed by atoms with Crippen molar-refractivity contribution in [1.29, 1.82) is 0 Å². The average Bonchev–Trinajstić information content (AvgIpc) is 2.81. The van der Waals surface area contributed by atoms with Crippen molar-refractivity contribution in [2.45, 2.75) is 18.9 Å². The molecule has 0 saturated heterocycles. The van der Waals surface area contributed by atoms with Gasteiger partial charge in [0.2, 0.25) is 5.95 Å². The maximum atomic E-state index is 12.7. The Labute approximate surface area is 110 Å². The van der Waals surface area contributed by atoms with Gasteiger partial charge in [-0.25, -0.2) is 4.98 Å². The zero-order valence-corrected chi connectivity index (χ0v) is 10.3. The summed E-state index contributed by atoms with van der Waals surface area (Å²) in [6.45, 7) is 0. The molecule has 0 saturated carbocycles. The lowest BCUT2D eigenvalue weighted by Crippen LogP contribution is -2.35. The first-order valence-corrected chi connectivity index (χ1v) is 6.21. The smallest absolute Gasteiger partial charge is 0.253 e. The predicted molar refractivity (Wildman–Crippen MR) is 69.3 cm³/mol. The zero-order chi connectivity index (χ0) is 13.2. The van der Waals surface area contributed by atoms with Gasteiger partial charge in [0.25, 0.3) is 5.91 Å². The van der Waals surface area contributed by atoms with Crippen molar-refractivity contribution >= 4 is 5.91 Å². The van der Waals surface area contributed by atoms with Gasteiger partial charge < -0.3 is 5.32 Å². The summed E-state index contributed by atoms with van der Waals surface area (Å²) >= 11 is 0. The highest BCUT2D eigenvalue weighted by molar-refractivity contribution is 5.94. The third-order valence-corrected chi connectivity index (χ3v) is 3.38. The van der Waals surface area contributed by atoms with Crippen LogP contribution in [-0.4, -0.2) is 16.9 Å². The van der Waals surface area contributed by atoms with E-state index in [0.717, 1.165) is 12.8 Å². The summed E-state index contributed by atoms with van der Waals surface area (Å²) in [5.74, 6) is -0.782. The maximum Gasteiger partial charge on any atom is 0.253 e. The van der Waals surface area contributed by atoms with Gasteiger partial charge in [0.05, 0.1) is 5.56 Å². The molecule has 0 atom stereocenters. The third kappa shape index (κ3) is 2.47. The fourth-order valence-electron chi connectivity index (χ4n) is 2.44. The highest BCUT2D eigenvalue weighted by atomic mass is 19.1. The van der Waals surface area contributed by atoms with Crippen LogP contribution < -0.4 is 5.32 Å². The Morgan fingerprint density at radius 1 is 1.16 bits per heavy atom. The molecule has 0 fully saturated rings. The van der Waals surface area contributed by atoms with E-state index in [1.807, 2.05) is 12.1 Å². The van der Waals surface area contributed by atoms with Crippen LogP contribution in [0.2, 0.25) is 0 Å². The normalized spacial score (nSPS) is 14.2. The quantitative estimate of drug-likeness (QED) is 0.836. The van der Waals surface area contributed by atoms with E-state index in [4.69, 9.17) is 0 Å². The number of rotatable bonds is 2. The third-order valence-electron chi connectivity index (χ3n) is 3.38. The van der Waals surface area contributed by atoms with Crippen molar-refractivity contribution in [1.82, 2.24) is 10.3 Å². The van der Waals surface area contributed by atoms with Crippen molar-refractivity contribution in [3.8, 4) is 0 Å². The standard InChI is InChI=1S/C15H13FN2O/c16-14-6-5-12(9-17-14)15(19)18-13-7-10-3-1-2-4-11(10)8-13/h1-6,9,13H,7-8H2,(H,18,19). The molecule has 0 aliphatic heterocycles. The van der Waals surface area contributed by atoms with Crippen molar-refractivity contribution in [3.63, 3.8) is 0 Å². The molecule has 1 heterocycles. The molecular weight excluding hydrogens is 243 g/mol. The summed E-state index contributed by atoms with van der Waals surface area (Å²) in [5.41, 5.74) is 2.95. The van der Waals surface area contributed by atoms with Crippen LogP contribution in [0.15, 0.2) is 42.6 Å². The van der Waals surface area contributed by atoms with Gasteiger partial charge in [0.15, 0.2) is 0 Å². The minimum Gasteiger partial charge on any atom is -0.349 e. The molecule has 0 bridgehead atoms. The Morgan fingerprint density at radius 3 is 2.42 bits per heavy atom. The number of pyridine rings is 1. The van der Waals surface area contributed by atoms with Crippen LogP contribution >= 0.6 is 0 Å². The maximum absolute atomic E-state index is 12.7. The van der Waals surface area contributed by atoms with Gasteiger partial charge in [-0.3, -0.25) is 4.79 Å². The van der Waals surface area contributed by atoms with Crippen LogP contribution in [0.3, 0.4) is 0 Å². The molecule has 1 aliphatic rings. The van der Waals surface area contributed by atoms with Crippen molar-refractivity contribution < 1.29 is 9.18 Å².